The Morgan fingerprint density at radius 1 is 1.10 bits per heavy atom. The van der Waals surface area contributed by atoms with Crippen LogP contribution >= 0.6 is 0 Å². The molecule has 1 atom stereocenters. The number of anilines is 1. The predicted molar refractivity (Wildman–Crippen MR) is 82.8 cm³/mol. The van der Waals surface area contributed by atoms with Gasteiger partial charge in [0.15, 0.2) is 0 Å². The lowest BCUT2D eigenvalue weighted by molar-refractivity contribution is -0.115. The number of rotatable bonds is 6. The summed E-state index contributed by atoms with van der Waals surface area (Å²) < 4.78 is 12.8. The van der Waals surface area contributed by atoms with E-state index >= 15 is 0 Å². The maximum absolute atomic E-state index is 12.8. The molecule has 2 aromatic rings. The van der Waals surface area contributed by atoms with Crippen LogP contribution in [0.3, 0.4) is 0 Å². The third-order valence-corrected chi connectivity index (χ3v) is 3.23. The molecule has 110 valence electrons. The summed E-state index contributed by atoms with van der Waals surface area (Å²) >= 11 is 0. The first-order valence-corrected chi connectivity index (χ1v) is 6.96. The number of nitrogens with one attached hydrogen (secondary N) is 2. The van der Waals surface area contributed by atoms with Gasteiger partial charge in [0.05, 0.1) is 6.54 Å². The van der Waals surface area contributed by atoms with Gasteiger partial charge in [-0.05, 0) is 35.7 Å². The molecule has 21 heavy (non-hydrogen) atoms. The fourth-order valence-corrected chi connectivity index (χ4v) is 2.04. The molecule has 4 heteroatoms. The van der Waals surface area contributed by atoms with Gasteiger partial charge in [-0.2, -0.15) is 0 Å². The quantitative estimate of drug-likeness (QED) is 0.856. The van der Waals surface area contributed by atoms with Crippen molar-refractivity contribution in [3.05, 3.63) is 66.0 Å². The van der Waals surface area contributed by atoms with Crippen LogP contribution < -0.4 is 10.6 Å². The standard InChI is InChI=1S/C17H19FN2O/c1-13(14-5-3-2-4-6-14)11-19-12-17(21)20-16-9-7-15(18)8-10-16/h2-10,13,19H,11-12H2,1H3,(H,20,21). The van der Waals surface area contributed by atoms with Crippen LogP contribution in [0.2, 0.25) is 0 Å². The van der Waals surface area contributed by atoms with Crippen molar-refractivity contribution in [2.75, 3.05) is 18.4 Å². The molecule has 0 aliphatic rings. The van der Waals surface area contributed by atoms with Crippen molar-refractivity contribution in [3.63, 3.8) is 0 Å². The maximum Gasteiger partial charge on any atom is 0.238 e. The molecule has 1 amide bonds. The molecule has 2 N–H and O–H groups in total. The summed E-state index contributed by atoms with van der Waals surface area (Å²) in [6, 6.07) is 15.9. The molecule has 2 rings (SSSR count). The first-order valence-electron chi connectivity index (χ1n) is 6.96. The van der Waals surface area contributed by atoms with E-state index in [-0.39, 0.29) is 18.3 Å². The number of carbonyl (C=O) groups excluding carboxylic acids is 1. The van der Waals surface area contributed by atoms with E-state index in [2.05, 4.69) is 29.7 Å². The van der Waals surface area contributed by atoms with Crippen LogP contribution in [-0.2, 0) is 4.79 Å². The normalized spacial score (nSPS) is 11.9. The van der Waals surface area contributed by atoms with Crippen molar-refractivity contribution in [1.29, 1.82) is 0 Å². The number of carbonyl (C=O) groups is 1. The van der Waals surface area contributed by atoms with Crippen molar-refractivity contribution in [1.82, 2.24) is 5.32 Å². The van der Waals surface area contributed by atoms with Crippen LogP contribution in [0.1, 0.15) is 18.4 Å². The molecule has 2 aromatic carbocycles. The van der Waals surface area contributed by atoms with Crippen LogP contribution in [-0.4, -0.2) is 19.0 Å². The van der Waals surface area contributed by atoms with Crippen molar-refractivity contribution in [3.8, 4) is 0 Å². The first kappa shape index (κ1) is 15.2. The van der Waals surface area contributed by atoms with Crippen molar-refractivity contribution >= 4 is 11.6 Å². The second-order valence-electron chi connectivity index (χ2n) is 5.00. The minimum Gasteiger partial charge on any atom is -0.325 e. The highest BCUT2D eigenvalue weighted by Crippen LogP contribution is 2.13. The van der Waals surface area contributed by atoms with Gasteiger partial charge in [0.2, 0.25) is 5.91 Å². The highest BCUT2D eigenvalue weighted by Gasteiger charge is 2.06. The summed E-state index contributed by atoms with van der Waals surface area (Å²) in [6.45, 7) is 3.07. The molecule has 0 heterocycles. The molecule has 3 nitrogen and oxygen atoms in total. The third-order valence-electron chi connectivity index (χ3n) is 3.23. The topological polar surface area (TPSA) is 41.1 Å². The van der Waals surface area contributed by atoms with Crippen LogP contribution in [0, 0.1) is 5.82 Å². The molecular formula is C17H19FN2O. The van der Waals surface area contributed by atoms with Gasteiger partial charge in [0.1, 0.15) is 5.82 Å². The minimum atomic E-state index is -0.317. The maximum atomic E-state index is 12.8. The Hall–Kier alpha value is -2.20. The average molecular weight is 286 g/mol. The van der Waals surface area contributed by atoms with Gasteiger partial charge in [-0.25, -0.2) is 4.39 Å². The van der Waals surface area contributed by atoms with E-state index in [0.717, 1.165) is 6.54 Å². The van der Waals surface area contributed by atoms with Crippen LogP contribution in [0.15, 0.2) is 54.6 Å². The Morgan fingerprint density at radius 2 is 1.76 bits per heavy atom. The Labute approximate surface area is 124 Å². The van der Waals surface area contributed by atoms with Crippen molar-refractivity contribution < 1.29 is 9.18 Å². The monoisotopic (exact) mass is 286 g/mol. The van der Waals surface area contributed by atoms with Crippen molar-refractivity contribution in [2.24, 2.45) is 0 Å². The zero-order chi connectivity index (χ0) is 15.1. The molecule has 0 aromatic heterocycles. The summed E-state index contributed by atoms with van der Waals surface area (Å²) in [7, 11) is 0. The number of hydrogen-bond donors (Lipinski definition) is 2. The smallest absolute Gasteiger partial charge is 0.238 e. The Morgan fingerprint density at radius 3 is 2.43 bits per heavy atom. The molecule has 0 saturated carbocycles. The van der Waals surface area contributed by atoms with Gasteiger partial charge in [-0.1, -0.05) is 37.3 Å². The summed E-state index contributed by atoms with van der Waals surface area (Å²) in [5.74, 6) is -0.116. The predicted octanol–water partition coefficient (Wildman–Crippen LogP) is 3.16. The van der Waals surface area contributed by atoms with Gasteiger partial charge >= 0.3 is 0 Å². The zero-order valence-corrected chi connectivity index (χ0v) is 12.0. The minimum absolute atomic E-state index is 0.137. The average Bonchev–Trinajstić information content (AvgIpc) is 2.50. The Kier molecular flexibility index (Phi) is 5.46. The van der Waals surface area contributed by atoms with E-state index in [1.807, 2.05) is 18.2 Å². The van der Waals surface area contributed by atoms with Gasteiger partial charge in [-0.15, -0.1) is 0 Å². The van der Waals surface area contributed by atoms with Gasteiger partial charge in [0, 0.05) is 12.2 Å². The number of amides is 1. The molecule has 0 aliphatic heterocycles. The SMILES string of the molecule is CC(CNCC(=O)Nc1ccc(F)cc1)c1ccccc1. The molecule has 0 spiro atoms. The number of hydrogen-bond acceptors (Lipinski definition) is 2. The van der Waals surface area contributed by atoms with E-state index in [4.69, 9.17) is 0 Å². The lowest BCUT2D eigenvalue weighted by Gasteiger charge is -2.13. The highest BCUT2D eigenvalue weighted by molar-refractivity contribution is 5.92. The van der Waals surface area contributed by atoms with E-state index in [0.29, 0.717) is 11.6 Å². The second-order valence-corrected chi connectivity index (χ2v) is 5.00. The van der Waals surface area contributed by atoms with Gasteiger partial charge in [-0.3, -0.25) is 4.79 Å². The largest absolute Gasteiger partial charge is 0.325 e. The lowest BCUT2D eigenvalue weighted by atomic mass is 10.0. The van der Waals surface area contributed by atoms with Crippen LogP contribution in [0.25, 0.3) is 0 Å². The number of benzene rings is 2. The fraction of sp³-hybridized carbons (Fsp3) is 0.235. The summed E-state index contributed by atoms with van der Waals surface area (Å²) in [5, 5.41) is 5.84. The number of halogens is 1. The zero-order valence-electron chi connectivity index (χ0n) is 12.0. The molecular weight excluding hydrogens is 267 g/mol. The van der Waals surface area contributed by atoms with Crippen LogP contribution in [0.5, 0.6) is 0 Å². The highest BCUT2D eigenvalue weighted by atomic mass is 19.1. The molecule has 0 saturated heterocycles. The molecule has 0 aliphatic carbocycles. The molecule has 0 radical (unpaired) electrons. The molecule has 0 fully saturated rings. The van der Waals surface area contributed by atoms with E-state index in [1.54, 1.807) is 12.1 Å². The molecule has 1 unspecified atom stereocenters. The van der Waals surface area contributed by atoms with Crippen LogP contribution in [0.4, 0.5) is 10.1 Å². The fourth-order valence-electron chi connectivity index (χ4n) is 2.04. The van der Waals surface area contributed by atoms with Gasteiger partial charge in [0.25, 0.3) is 0 Å². The van der Waals surface area contributed by atoms with E-state index in [9.17, 15) is 9.18 Å². The summed E-state index contributed by atoms with van der Waals surface area (Å²) in [5.41, 5.74) is 1.84. The second kappa shape index (κ2) is 7.55. The lowest BCUT2D eigenvalue weighted by Crippen LogP contribution is -2.30. The van der Waals surface area contributed by atoms with E-state index < -0.39 is 0 Å². The first-order chi connectivity index (χ1) is 10.1. The van der Waals surface area contributed by atoms with Crippen molar-refractivity contribution in [2.45, 2.75) is 12.8 Å². The summed E-state index contributed by atoms with van der Waals surface area (Å²) in [6.07, 6.45) is 0. The third kappa shape index (κ3) is 5.00. The molecule has 0 bridgehead atoms. The van der Waals surface area contributed by atoms with Gasteiger partial charge < -0.3 is 10.6 Å². The Bertz CT molecular complexity index is 569. The van der Waals surface area contributed by atoms with E-state index in [1.165, 1.54) is 17.7 Å². The Balaban J connectivity index is 1.73. The summed E-state index contributed by atoms with van der Waals surface area (Å²) in [4.78, 5) is 11.7.